The van der Waals surface area contributed by atoms with Crippen LogP contribution in [0, 0.1) is 6.92 Å². The molecule has 2 heterocycles. The summed E-state index contributed by atoms with van der Waals surface area (Å²) in [5.41, 5.74) is 1.84. The molecule has 1 amide bonds. The van der Waals surface area contributed by atoms with Crippen molar-refractivity contribution in [1.29, 1.82) is 0 Å². The topological polar surface area (TPSA) is 70.2 Å². The second-order valence-electron chi connectivity index (χ2n) is 7.93. The number of carbonyl (C=O) groups is 1. The SMILES string of the molecule is CC(=O)N[C@H]1CCN(c2nc(Nc3ccc(C)c(C(F)(F)F)c3)nc3c2CCC3)C1.Cl. The van der Waals surface area contributed by atoms with E-state index in [1.54, 1.807) is 6.07 Å². The third kappa shape index (κ3) is 5.03. The molecule has 1 aliphatic heterocycles. The normalized spacial score (nSPS) is 17.8. The Labute approximate surface area is 185 Å². The maximum Gasteiger partial charge on any atom is 0.416 e. The van der Waals surface area contributed by atoms with Crippen LogP contribution in [0.2, 0.25) is 0 Å². The summed E-state index contributed by atoms with van der Waals surface area (Å²) in [5.74, 6) is 1.05. The molecule has 0 radical (unpaired) electrons. The maximum atomic E-state index is 13.2. The van der Waals surface area contributed by atoms with Crippen molar-refractivity contribution in [3.8, 4) is 0 Å². The molecule has 2 aliphatic rings. The van der Waals surface area contributed by atoms with Crippen molar-refractivity contribution in [3.05, 3.63) is 40.6 Å². The number of hydrogen-bond donors (Lipinski definition) is 2. The van der Waals surface area contributed by atoms with Gasteiger partial charge in [-0.15, -0.1) is 12.4 Å². The molecule has 0 bridgehead atoms. The lowest BCUT2D eigenvalue weighted by atomic mass is 10.1. The van der Waals surface area contributed by atoms with Crippen LogP contribution in [-0.2, 0) is 23.8 Å². The van der Waals surface area contributed by atoms with E-state index in [0.717, 1.165) is 55.4 Å². The first-order chi connectivity index (χ1) is 14.2. The number of nitrogens with one attached hydrogen (secondary N) is 2. The van der Waals surface area contributed by atoms with Gasteiger partial charge in [0.1, 0.15) is 5.82 Å². The molecular formula is C21H25ClF3N5O. The number of aryl methyl sites for hydroxylation is 2. The van der Waals surface area contributed by atoms with E-state index >= 15 is 0 Å². The van der Waals surface area contributed by atoms with Crippen LogP contribution < -0.4 is 15.5 Å². The number of halogens is 4. The monoisotopic (exact) mass is 455 g/mol. The molecule has 1 atom stereocenters. The van der Waals surface area contributed by atoms with Gasteiger partial charge in [0.15, 0.2) is 0 Å². The number of anilines is 3. The highest BCUT2D eigenvalue weighted by atomic mass is 35.5. The molecular weight excluding hydrogens is 431 g/mol. The van der Waals surface area contributed by atoms with Gasteiger partial charge in [0, 0.05) is 37.3 Å². The van der Waals surface area contributed by atoms with Crippen molar-refractivity contribution < 1.29 is 18.0 Å². The molecule has 0 spiro atoms. The summed E-state index contributed by atoms with van der Waals surface area (Å²) >= 11 is 0. The lowest BCUT2D eigenvalue weighted by Gasteiger charge is -2.22. The van der Waals surface area contributed by atoms with Crippen molar-refractivity contribution in [2.24, 2.45) is 0 Å². The van der Waals surface area contributed by atoms with E-state index in [1.807, 2.05) is 0 Å². The summed E-state index contributed by atoms with van der Waals surface area (Å²) in [6.45, 7) is 4.36. The molecule has 31 heavy (non-hydrogen) atoms. The Morgan fingerprint density at radius 2 is 2.00 bits per heavy atom. The first kappa shape index (κ1) is 23.1. The van der Waals surface area contributed by atoms with Gasteiger partial charge in [-0.3, -0.25) is 4.79 Å². The molecule has 1 aromatic heterocycles. The predicted molar refractivity (Wildman–Crippen MR) is 115 cm³/mol. The molecule has 0 unspecified atom stereocenters. The zero-order valence-electron chi connectivity index (χ0n) is 17.3. The molecule has 4 rings (SSSR count). The van der Waals surface area contributed by atoms with Gasteiger partial charge in [-0.2, -0.15) is 18.2 Å². The number of nitrogens with zero attached hydrogens (tertiary/aromatic N) is 3. The van der Waals surface area contributed by atoms with Gasteiger partial charge in [0.25, 0.3) is 0 Å². The standard InChI is InChI=1S/C21H24F3N5O.ClH/c1-12-6-7-14(10-17(12)21(22,23)24)26-20-27-18-5-3-4-16(18)19(28-20)29-9-8-15(11-29)25-13(2)30;/h6-7,10,15H,3-5,8-9,11H2,1-2H3,(H,25,30)(H,26,27,28);1H/t15-;/m0./s1. The predicted octanol–water partition coefficient (Wildman–Crippen LogP) is 4.17. The van der Waals surface area contributed by atoms with Gasteiger partial charge in [0.2, 0.25) is 11.9 Å². The fraction of sp³-hybridized carbons (Fsp3) is 0.476. The van der Waals surface area contributed by atoms with Gasteiger partial charge in [-0.05, 0) is 50.3 Å². The van der Waals surface area contributed by atoms with Crippen LogP contribution >= 0.6 is 12.4 Å². The van der Waals surface area contributed by atoms with E-state index < -0.39 is 11.7 Å². The van der Waals surface area contributed by atoms with Gasteiger partial charge in [0.05, 0.1) is 11.3 Å². The number of amides is 1. The second kappa shape index (κ2) is 8.90. The molecule has 1 aromatic carbocycles. The van der Waals surface area contributed by atoms with E-state index in [1.165, 1.54) is 19.9 Å². The Hall–Kier alpha value is -2.55. The van der Waals surface area contributed by atoms with Crippen LogP contribution in [0.25, 0.3) is 0 Å². The summed E-state index contributed by atoms with van der Waals surface area (Å²) in [7, 11) is 0. The number of hydrogen-bond acceptors (Lipinski definition) is 5. The Morgan fingerprint density at radius 3 is 2.71 bits per heavy atom. The minimum atomic E-state index is -4.42. The number of fused-ring (bicyclic) bond motifs is 1. The number of benzene rings is 1. The first-order valence-corrected chi connectivity index (χ1v) is 10.1. The van der Waals surface area contributed by atoms with Crippen molar-refractivity contribution in [2.45, 2.75) is 51.7 Å². The Bertz CT molecular complexity index is 982. The number of rotatable bonds is 4. The third-order valence-corrected chi connectivity index (χ3v) is 5.61. The van der Waals surface area contributed by atoms with Crippen molar-refractivity contribution in [3.63, 3.8) is 0 Å². The van der Waals surface area contributed by atoms with Gasteiger partial charge < -0.3 is 15.5 Å². The second-order valence-corrected chi connectivity index (χ2v) is 7.93. The quantitative estimate of drug-likeness (QED) is 0.724. The molecule has 1 aliphatic carbocycles. The highest BCUT2D eigenvalue weighted by Crippen LogP contribution is 2.35. The van der Waals surface area contributed by atoms with Crippen molar-refractivity contribution in [1.82, 2.24) is 15.3 Å². The van der Waals surface area contributed by atoms with E-state index in [-0.39, 0.29) is 29.9 Å². The zero-order chi connectivity index (χ0) is 21.5. The average molecular weight is 456 g/mol. The van der Waals surface area contributed by atoms with Gasteiger partial charge in [-0.1, -0.05) is 6.07 Å². The number of aromatic nitrogens is 2. The fourth-order valence-electron chi connectivity index (χ4n) is 4.22. The summed E-state index contributed by atoms with van der Waals surface area (Å²) < 4.78 is 39.7. The van der Waals surface area contributed by atoms with E-state index in [0.29, 0.717) is 18.2 Å². The molecule has 168 valence electrons. The Kier molecular flexibility index (Phi) is 6.64. The smallest absolute Gasteiger partial charge is 0.354 e. The van der Waals surface area contributed by atoms with Crippen LogP contribution in [-0.4, -0.2) is 35.0 Å². The van der Waals surface area contributed by atoms with Gasteiger partial charge >= 0.3 is 6.18 Å². The fourth-order valence-corrected chi connectivity index (χ4v) is 4.22. The van der Waals surface area contributed by atoms with Crippen LogP contribution in [0.5, 0.6) is 0 Å². The lowest BCUT2D eigenvalue weighted by molar-refractivity contribution is -0.138. The molecule has 10 heteroatoms. The molecule has 1 saturated heterocycles. The summed E-state index contributed by atoms with van der Waals surface area (Å²) in [6, 6.07) is 4.20. The van der Waals surface area contributed by atoms with Crippen LogP contribution in [0.1, 0.15) is 42.1 Å². The highest BCUT2D eigenvalue weighted by Gasteiger charge is 2.33. The molecule has 6 nitrogen and oxygen atoms in total. The minimum absolute atomic E-state index is 0. The Morgan fingerprint density at radius 1 is 1.23 bits per heavy atom. The third-order valence-electron chi connectivity index (χ3n) is 5.61. The van der Waals surface area contributed by atoms with Crippen molar-refractivity contribution in [2.75, 3.05) is 23.3 Å². The lowest BCUT2D eigenvalue weighted by Crippen LogP contribution is -2.36. The van der Waals surface area contributed by atoms with Crippen molar-refractivity contribution >= 4 is 35.8 Å². The average Bonchev–Trinajstić information content (AvgIpc) is 3.30. The largest absolute Gasteiger partial charge is 0.416 e. The minimum Gasteiger partial charge on any atom is -0.354 e. The maximum absolute atomic E-state index is 13.2. The number of alkyl halides is 3. The Balaban J connectivity index is 0.00000272. The van der Waals surface area contributed by atoms with E-state index in [2.05, 4.69) is 25.5 Å². The first-order valence-electron chi connectivity index (χ1n) is 10.1. The molecule has 0 saturated carbocycles. The zero-order valence-corrected chi connectivity index (χ0v) is 18.2. The van der Waals surface area contributed by atoms with E-state index in [9.17, 15) is 18.0 Å². The summed E-state index contributed by atoms with van der Waals surface area (Å²) in [5, 5.41) is 5.91. The molecule has 1 fully saturated rings. The highest BCUT2D eigenvalue weighted by molar-refractivity contribution is 5.85. The van der Waals surface area contributed by atoms with Crippen LogP contribution in [0.4, 0.5) is 30.6 Å². The van der Waals surface area contributed by atoms with E-state index in [4.69, 9.17) is 0 Å². The molecule has 2 N–H and O–H groups in total. The van der Waals surface area contributed by atoms with Gasteiger partial charge in [-0.25, -0.2) is 4.98 Å². The van der Waals surface area contributed by atoms with Crippen LogP contribution in [0.15, 0.2) is 18.2 Å². The number of carbonyl (C=O) groups excluding carboxylic acids is 1. The van der Waals surface area contributed by atoms with Crippen LogP contribution in [0.3, 0.4) is 0 Å². The molecule has 2 aromatic rings. The summed E-state index contributed by atoms with van der Waals surface area (Å²) in [4.78, 5) is 22.7. The summed E-state index contributed by atoms with van der Waals surface area (Å²) in [6.07, 6.45) is -0.903.